The molecule has 0 spiro atoms. The van der Waals surface area contributed by atoms with Gasteiger partial charge in [-0.05, 0) is 45.5 Å². The summed E-state index contributed by atoms with van der Waals surface area (Å²) in [5.74, 6) is -0.502. The summed E-state index contributed by atoms with van der Waals surface area (Å²) in [6, 6.07) is 38.7. The Hall–Kier alpha value is -6.12. The standard InChI is InChI=1S/C47H51N5O8/c1-32-43(30-50-24-26-51(27-25-50)39-20-22-40(23-21-39)52(56)57)59-46(60-44(32)36-14-12-34(31-53)13-15-36)37-18-16-35(17-19-37)41-11-7-6-10-38(41)29-48-47(55)49-42(45(54)58-2)28-33-8-4-3-5-9-33/h3-23,32,42-44,46,53H,24-31H2,1-2H3,(H2,48,49,55)/t32-,42-,43+,44+,46+/m0/s1. The molecule has 0 saturated carbocycles. The van der Waals surface area contributed by atoms with E-state index in [1.807, 2.05) is 115 Å². The fraction of sp³-hybridized carbons (Fsp3) is 0.319. The van der Waals surface area contributed by atoms with Crippen molar-refractivity contribution in [1.29, 1.82) is 0 Å². The molecule has 0 unspecified atom stereocenters. The molecule has 312 valence electrons. The van der Waals surface area contributed by atoms with Gasteiger partial charge in [0, 0.05) is 75.0 Å². The number of hydrogen-bond donors (Lipinski definition) is 3. The Morgan fingerprint density at radius 3 is 2.17 bits per heavy atom. The molecule has 2 amide bonds. The van der Waals surface area contributed by atoms with E-state index in [-0.39, 0.29) is 41.9 Å². The second-order valence-corrected chi connectivity index (χ2v) is 15.3. The molecule has 5 aromatic rings. The van der Waals surface area contributed by atoms with Crippen molar-refractivity contribution >= 4 is 23.4 Å². The number of amides is 2. The van der Waals surface area contributed by atoms with Crippen molar-refractivity contribution in [1.82, 2.24) is 15.5 Å². The van der Waals surface area contributed by atoms with Crippen LogP contribution in [-0.2, 0) is 38.6 Å². The van der Waals surface area contributed by atoms with Gasteiger partial charge in [0.2, 0.25) is 0 Å². The number of carbonyl (C=O) groups is 2. The van der Waals surface area contributed by atoms with Crippen LogP contribution in [0.2, 0.25) is 0 Å². The van der Waals surface area contributed by atoms with E-state index in [0.717, 1.165) is 70.8 Å². The molecule has 60 heavy (non-hydrogen) atoms. The second-order valence-electron chi connectivity index (χ2n) is 15.3. The average molecular weight is 814 g/mol. The van der Waals surface area contributed by atoms with E-state index in [1.54, 1.807) is 12.1 Å². The molecule has 2 aliphatic heterocycles. The van der Waals surface area contributed by atoms with Gasteiger partial charge >= 0.3 is 12.0 Å². The Morgan fingerprint density at radius 2 is 1.50 bits per heavy atom. The van der Waals surface area contributed by atoms with Gasteiger partial charge in [-0.2, -0.15) is 0 Å². The molecule has 2 fully saturated rings. The minimum atomic E-state index is -0.841. The van der Waals surface area contributed by atoms with E-state index in [0.29, 0.717) is 13.0 Å². The molecule has 0 aliphatic carbocycles. The molecule has 13 heteroatoms. The summed E-state index contributed by atoms with van der Waals surface area (Å²) in [6.07, 6.45) is -0.741. The van der Waals surface area contributed by atoms with Gasteiger partial charge in [-0.25, -0.2) is 9.59 Å². The van der Waals surface area contributed by atoms with Crippen LogP contribution < -0.4 is 15.5 Å². The molecular formula is C47H51N5O8. The third-order valence-corrected chi connectivity index (χ3v) is 11.4. The molecule has 2 heterocycles. The number of urea groups is 1. The number of esters is 1. The topological polar surface area (TPSA) is 156 Å². The smallest absolute Gasteiger partial charge is 0.328 e. The number of hydrogen-bond acceptors (Lipinski definition) is 10. The molecule has 0 aromatic heterocycles. The number of rotatable bonds is 14. The molecule has 2 saturated heterocycles. The maximum Gasteiger partial charge on any atom is 0.328 e. The molecular weight excluding hydrogens is 763 g/mol. The van der Waals surface area contributed by atoms with Crippen LogP contribution in [0.25, 0.3) is 11.1 Å². The zero-order valence-electron chi connectivity index (χ0n) is 33.8. The highest BCUT2D eigenvalue weighted by Crippen LogP contribution is 2.42. The first-order chi connectivity index (χ1) is 29.2. The number of carbonyl (C=O) groups excluding carboxylic acids is 2. The highest BCUT2D eigenvalue weighted by Gasteiger charge is 2.39. The fourth-order valence-corrected chi connectivity index (χ4v) is 7.90. The lowest BCUT2D eigenvalue weighted by molar-refractivity contribution is -0.384. The number of nitrogens with one attached hydrogen (secondary N) is 2. The summed E-state index contributed by atoms with van der Waals surface area (Å²) < 4.78 is 18.5. The number of piperazine rings is 1. The maximum absolute atomic E-state index is 13.1. The lowest BCUT2D eigenvalue weighted by Crippen LogP contribution is -2.51. The predicted octanol–water partition coefficient (Wildman–Crippen LogP) is 6.95. The van der Waals surface area contributed by atoms with Crippen molar-refractivity contribution in [2.24, 2.45) is 5.92 Å². The Kier molecular flexibility index (Phi) is 13.8. The molecule has 5 atom stereocenters. The number of methoxy groups -OCH3 is 1. The number of nitro benzene ring substituents is 1. The summed E-state index contributed by atoms with van der Waals surface area (Å²) in [5.41, 5.74) is 7.48. The first-order valence-electron chi connectivity index (χ1n) is 20.3. The number of non-ortho nitro benzene ring substituents is 1. The summed E-state index contributed by atoms with van der Waals surface area (Å²) in [7, 11) is 1.31. The van der Waals surface area contributed by atoms with E-state index in [4.69, 9.17) is 14.2 Å². The van der Waals surface area contributed by atoms with E-state index in [1.165, 1.54) is 7.11 Å². The number of benzene rings is 5. The van der Waals surface area contributed by atoms with Crippen LogP contribution in [0.15, 0.2) is 127 Å². The Labute approximate surface area is 350 Å². The largest absolute Gasteiger partial charge is 0.467 e. The van der Waals surface area contributed by atoms with Crippen molar-refractivity contribution in [3.8, 4) is 11.1 Å². The average Bonchev–Trinajstić information content (AvgIpc) is 3.29. The van der Waals surface area contributed by atoms with Gasteiger partial charge in [-0.3, -0.25) is 15.0 Å². The number of nitro groups is 1. The molecule has 5 aromatic carbocycles. The second kappa shape index (κ2) is 19.8. The number of anilines is 1. The minimum absolute atomic E-state index is 0.0195. The normalized spacial score (nSPS) is 19.9. The monoisotopic (exact) mass is 813 g/mol. The van der Waals surface area contributed by atoms with Crippen LogP contribution in [0.3, 0.4) is 0 Å². The van der Waals surface area contributed by atoms with Crippen LogP contribution in [-0.4, -0.2) is 78.9 Å². The first kappa shape index (κ1) is 42.0. The summed E-state index contributed by atoms with van der Waals surface area (Å²) in [5, 5.41) is 26.5. The van der Waals surface area contributed by atoms with Crippen LogP contribution >= 0.6 is 0 Å². The molecule has 2 aliphatic rings. The van der Waals surface area contributed by atoms with Crippen LogP contribution in [0, 0.1) is 16.0 Å². The third kappa shape index (κ3) is 10.4. The highest BCUT2D eigenvalue weighted by molar-refractivity contribution is 5.84. The Balaban J connectivity index is 1.03. The van der Waals surface area contributed by atoms with Gasteiger partial charge in [0.25, 0.3) is 5.69 Å². The van der Waals surface area contributed by atoms with Gasteiger partial charge in [-0.15, -0.1) is 0 Å². The van der Waals surface area contributed by atoms with Crippen molar-refractivity contribution in [2.75, 3.05) is 44.7 Å². The fourth-order valence-electron chi connectivity index (χ4n) is 7.90. The van der Waals surface area contributed by atoms with Crippen LogP contribution in [0.5, 0.6) is 0 Å². The third-order valence-electron chi connectivity index (χ3n) is 11.4. The Morgan fingerprint density at radius 1 is 0.833 bits per heavy atom. The first-order valence-corrected chi connectivity index (χ1v) is 20.3. The van der Waals surface area contributed by atoms with E-state index < -0.39 is 24.3 Å². The van der Waals surface area contributed by atoms with E-state index in [9.17, 15) is 24.8 Å². The zero-order chi connectivity index (χ0) is 42.0. The highest BCUT2D eigenvalue weighted by atomic mass is 16.7. The number of aliphatic hydroxyl groups excluding tert-OH is 1. The molecule has 0 bridgehead atoms. The Bertz CT molecular complexity index is 2200. The van der Waals surface area contributed by atoms with Crippen molar-refractivity contribution in [2.45, 2.75) is 51.0 Å². The lowest BCUT2D eigenvalue weighted by Gasteiger charge is -2.44. The van der Waals surface area contributed by atoms with Crippen molar-refractivity contribution in [3.63, 3.8) is 0 Å². The van der Waals surface area contributed by atoms with E-state index >= 15 is 0 Å². The summed E-state index contributed by atoms with van der Waals surface area (Å²) in [4.78, 5) is 41.0. The summed E-state index contributed by atoms with van der Waals surface area (Å²) in [6.45, 7) is 6.27. The van der Waals surface area contributed by atoms with Gasteiger partial charge in [0.05, 0.1) is 30.8 Å². The van der Waals surface area contributed by atoms with Crippen molar-refractivity contribution in [3.05, 3.63) is 165 Å². The minimum Gasteiger partial charge on any atom is -0.467 e. The van der Waals surface area contributed by atoms with E-state index in [2.05, 4.69) is 27.4 Å². The lowest BCUT2D eigenvalue weighted by atomic mass is 9.89. The van der Waals surface area contributed by atoms with Crippen LogP contribution in [0.1, 0.15) is 47.1 Å². The van der Waals surface area contributed by atoms with Crippen LogP contribution in [0.4, 0.5) is 16.2 Å². The van der Waals surface area contributed by atoms with Gasteiger partial charge in [0.1, 0.15) is 6.04 Å². The number of aliphatic hydroxyl groups is 1. The maximum atomic E-state index is 13.1. The molecule has 0 radical (unpaired) electrons. The zero-order valence-corrected chi connectivity index (χ0v) is 33.8. The van der Waals surface area contributed by atoms with Gasteiger partial charge in [-0.1, -0.05) is 110 Å². The van der Waals surface area contributed by atoms with Crippen molar-refractivity contribution < 1.29 is 33.8 Å². The number of nitrogens with zero attached hydrogens (tertiary/aromatic N) is 3. The molecule has 13 nitrogen and oxygen atoms in total. The predicted molar refractivity (Wildman–Crippen MR) is 228 cm³/mol. The van der Waals surface area contributed by atoms with Gasteiger partial charge in [0.15, 0.2) is 6.29 Å². The molecule has 3 N–H and O–H groups in total. The molecule has 7 rings (SSSR count). The summed E-state index contributed by atoms with van der Waals surface area (Å²) >= 11 is 0. The quantitative estimate of drug-likeness (QED) is 0.0610. The van der Waals surface area contributed by atoms with Gasteiger partial charge < -0.3 is 34.9 Å². The SMILES string of the molecule is COC(=O)[C@H](Cc1ccccc1)NC(=O)NCc1ccccc1-c1ccc([C@@H]2O[C@H](CN3CCN(c4ccc([N+](=O)[O-])cc4)CC3)[C@H](C)[C@H](c3ccc(CO)cc3)O2)cc1. The number of ether oxygens (including phenoxy) is 3.